The summed E-state index contributed by atoms with van der Waals surface area (Å²) in [6, 6.07) is 0. The molecule has 0 aromatic heterocycles. The van der Waals surface area contributed by atoms with Crippen molar-refractivity contribution in [2.75, 3.05) is 13.2 Å². The lowest BCUT2D eigenvalue weighted by atomic mass is 9.70. The number of aliphatic hydroxyl groups is 1. The fraction of sp³-hybridized carbons (Fsp3) is 0.970. The summed E-state index contributed by atoms with van der Waals surface area (Å²) in [6.07, 6.45) is 19.9. The molecule has 3 aliphatic rings. The lowest BCUT2D eigenvalue weighted by Crippen LogP contribution is -2.31. The van der Waals surface area contributed by atoms with Crippen molar-refractivity contribution in [1.82, 2.24) is 0 Å². The average Bonchev–Trinajstić information content (AvgIpc) is 2.94. The highest BCUT2D eigenvalue weighted by atomic mass is 16.7. The number of ether oxygens (including phenoxy) is 3. The number of carbonyl (C=O) groups excluding carboxylic acids is 1. The Balaban J connectivity index is 1.25. The van der Waals surface area contributed by atoms with E-state index in [1.54, 1.807) is 0 Å². The third kappa shape index (κ3) is 10.7. The number of esters is 1. The van der Waals surface area contributed by atoms with Crippen LogP contribution in [0.25, 0.3) is 0 Å². The maximum atomic E-state index is 12.4. The molecule has 5 nitrogen and oxygen atoms in total. The first kappa shape index (κ1) is 31.9. The molecule has 0 aliphatic heterocycles. The van der Waals surface area contributed by atoms with Crippen LogP contribution >= 0.6 is 0 Å². The maximum absolute atomic E-state index is 12.4. The Bertz CT molecular complexity index is 629. The fourth-order valence-corrected chi connectivity index (χ4v) is 7.69. The zero-order valence-corrected chi connectivity index (χ0v) is 25.2. The van der Waals surface area contributed by atoms with Gasteiger partial charge in [-0.1, -0.05) is 46.5 Å². The van der Waals surface area contributed by atoms with E-state index in [0.29, 0.717) is 13.2 Å². The minimum absolute atomic E-state index is 0.0321. The Kier molecular flexibility index (Phi) is 14.4. The van der Waals surface area contributed by atoms with E-state index >= 15 is 0 Å². The van der Waals surface area contributed by atoms with Gasteiger partial charge in [0.1, 0.15) is 6.61 Å². The van der Waals surface area contributed by atoms with Gasteiger partial charge in [0.2, 0.25) is 0 Å². The Labute approximate surface area is 234 Å². The van der Waals surface area contributed by atoms with E-state index < -0.39 is 0 Å². The monoisotopic (exact) mass is 536 g/mol. The smallest absolute Gasteiger partial charge is 0.309 e. The summed E-state index contributed by atoms with van der Waals surface area (Å²) in [5, 5.41) is 9.85. The van der Waals surface area contributed by atoms with E-state index in [9.17, 15) is 9.90 Å². The zero-order valence-electron chi connectivity index (χ0n) is 25.2. The molecule has 3 aliphatic carbocycles. The van der Waals surface area contributed by atoms with Gasteiger partial charge in [-0.05, 0) is 120 Å². The summed E-state index contributed by atoms with van der Waals surface area (Å²) in [5.41, 5.74) is 0. The van der Waals surface area contributed by atoms with E-state index in [0.717, 1.165) is 68.1 Å². The van der Waals surface area contributed by atoms with E-state index in [-0.39, 0.29) is 30.4 Å². The molecule has 3 saturated carbocycles. The normalized spacial score (nSPS) is 32.9. The number of carbonyl (C=O) groups is 1. The molecule has 3 unspecified atom stereocenters. The van der Waals surface area contributed by atoms with Gasteiger partial charge in [0.25, 0.3) is 0 Å². The first-order valence-corrected chi connectivity index (χ1v) is 16.5. The van der Waals surface area contributed by atoms with Crippen LogP contribution in [0.4, 0.5) is 0 Å². The van der Waals surface area contributed by atoms with Crippen LogP contribution in [0.2, 0.25) is 0 Å². The Morgan fingerprint density at radius 1 is 0.842 bits per heavy atom. The number of hydrogen-bond acceptors (Lipinski definition) is 5. The topological polar surface area (TPSA) is 65.0 Å². The second kappa shape index (κ2) is 17.2. The maximum Gasteiger partial charge on any atom is 0.309 e. The van der Waals surface area contributed by atoms with Crippen molar-refractivity contribution in [3.63, 3.8) is 0 Å². The molecular weight excluding hydrogens is 476 g/mol. The first-order chi connectivity index (χ1) is 18.4. The molecule has 0 amide bonds. The molecule has 0 spiro atoms. The van der Waals surface area contributed by atoms with Crippen LogP contribution in [0.1, 0.15) is 137 Å². The quantitative estimate of drug-likeness (QED) is 0.130. The second-order valence-electron chi connectivity index (χ2n) is 13.1. The summed E-state index contributed by atoms with van der Waals surface area (Å²) in [4.78, 5) is 12.4. The minimum Gasteiger partial charge on any atom is -0.463 e. The highest BCUT2D eigenvalue weighted by Crippen LogP contribution is 2.40. The average molecular weight is 537 g/mol. The van der Waals surface area contributed by atoms with Crippen molar-refractivity contribution in [3.8, 4) is 0 Å². The van der Waals surface area contributed by atoms with Crippen molar-refractivity contribution >= 4 is 5.97 Å². The largest absolute Gasteiger partial charge is 0.463 e. The summed E-state index contributed by atoms with van der Waals surface area (Å²) in [5.74, 6) is 4.06. The predicted molar refractivity (Wildman–Crippen MR) is 154 cm³/mol. The van der Waals surface area contributed by atoms with Gasteiger partial charge in [0.05, 0.1) is 24.7 Å². The Morgan fingerprint density at radius 3 is 2.13 bits per heavy atom. The van der Waals surface area contributed by atoms with Gasteiger partial charge in [0, 0.05) is 0 Å². The van der Waals surface area contributed by atoms with Crippen molar-refractivity contribution < 1.29 is 24.1 Å². The van der Waals surface area contributed by atoms with Gasteiger partial charge in [0.15, 0.2) is 6.29 Å². The van der Waals surface area contributed by atoms with Crippen LogP contribution in [0.3, 0.4) is 0 Å². The summed E-state index contributed by atoms with van der Waals surface area (Å²) in [6.45, 7) is 9.77. The van der Waals surface area contributed by atoms with Gasteiger partial charge in [-0.3, -0.25) is 4.79 Å². The van der Waals surface area contributed by atoms with Gasteiger partial charge in [-0.25, -0.2) is 0 Å². The van der Waals surface area contributed by atoms with Crippen molar-refractivity contribution in [2.45, 2.75) is 155 Å². The molecule has 3 atom stereocenters. The van der Waals surface area contributed by atoms with Gasteiger partial charge in [-0.2, -0.15) is 0 Å². The highest BCUT2D eigenvalue weighted by molar-refractivity contribution is 5.72. The number of rotatable bonds is 15. The van der Waals surface area contributed by atoms with Crippen LogP contribution in [0.15, 0.2) is 0 Å². The SMILES string of the molecule is CCCCC1CCC(C(=O)OCCOC(C)OC2CCC(C(CC)CC(C)C3CCC(O)CC3)CC2)CC1. The molecule has 1 N–H and O–H groups in total. The summed E-state index contributed by atoms with van der Waals surface area (Å²) in [7, 11) is 0. The lowest BCUT2D eigenvalue weighted by Gasteiger charge is -2.37. The van der Waals surface area contributed by atoms with Crippen LogP contribution in [-0.4, -0.2) is 42.8 Å². The van der Waals surface area contributed by atoms with Crippen LogP contribution in [-0.2, 0) is 19.0 Å². The molecule has 0 saturated heterocycles. The highest BCUT2D eigenvalue weighted by Gasteiger charge is 2.32. The zero-order chi connectivity index (χ0) is 27.3. The van der Waals surface area contributed by atoms with Crippen molar-refractivity contribution in [1.29, 1.82) is 0 Å². The first-order valence-electron chi connectivity index (χ1n) is 16.5. The third-order valence-electron chi connectivity index (χ3n) is 10.3. The molecule has 0 aromatic rings. The Hall–Kier alpha value is -0.650. The molecule has 0 bridgehead atoms. The molecule has 3 fully saturated rings. The molecule has 0 aromatic carbocycles. The van der Waals surface area contributed by atoms with Gasteiger partial charge < -0.3 is 19.3 Å². The molecular formula is C33H60O5. The molecule has 0 heterocycles. The second-order valence-corrected chi connectivity index (χ2v) is 13.1. The van der Waals surface area contributed by atoms with Crippen LogP contribution in [0.5, 0.6) is 0 Å². The van der Waals surface area contributed by atoms with Gasteiger partial charge in [-0.15, -0.1) is 0 Å². The number of aliphatic hydroxyl groups excluding tert-OH is 1. The number of hydrogen-bond donors (Lipinski definition) is 1. The van der Waals surface area contributed by atoms with E-state index in [4.69, 9.17) is 14.2 Å². The molecule has 222 valence electrons. The van der Waals surface area contributed by atoms with E-state index in [2.05, 4.69) is 20.8 Å². The van der Waals surface area contributed by atoms with E-state index in [1.807, 2.05) is 6.92 Å². The fourth-order valence-electron chi connectivity index (χ4n) is 7.69. The number of unbranched alkanes of at least 4 members (excludes halogenated alkanes) is 1. The summed E-state index contributed by atoms with van der Waals surface area (Å²) >= 11 is 0. The standard InChI is InChI=1S/C33H60O5/c1-5-7-8-26-9-11-30(12-10-26)33(35)37-22-21-36-25(4)38-32-19-15-29(16-20-32)27(6-2)23-24(3)28-13-17-31(34)18-14-28/h24-32,34H,5-23H2,1-4H3. The van der Waals surface area contributed by atoms with Gasteiger partial charge >= 0.3 is 5.97 Å². The lowest BCUT2D eigenvalue weighted by molar-refractivity contribution is -0.179. The van der Waals surface area contributed by atoms with Crippen LogP contribution < -0.4 is 0 Å². The van der Waals surface area contributed by atoms with Crippen molar-refractivity contribution in [2.24, 2.45) is 35.5 Å². The third-order valence-corrected chi connectivity index (χ3v) is 10.3. The molecule has 3 rings (SSSR count). The van der Waals surface area contributed by atoms with Crippen LogP contribution in [0, 0.1) is 35.5 Å². The predicted octanol–water partition coefficient (Wildman–Crippen LogP) is 8.07. The Morgan fingerprint density at radius 2 is 1.50 bits per heavy atom. The molecule has 38 heavy (non-hydrogen) atoms. The van der Waals surface area contributed by atoms with Crippen molar-refractivity contribution in [3.05, 3.63) is 0 Å². The minimum atomic E-state index is -0.257. The molecule has 5 heteroatoms. The molecule has 0 radical (unpaired) electrons. The summed E-state index contributed by atoms with van der Waals surface area (Å²) < 4.78 is 17.6. The van der Waals surface area contributed by atoms with E-state index in [1.165, 1.54) is 70.6 Å².